The minimum Gasteiger partial charge on any atom is -0.462 e. The van der Waals surface area contributed by atoms with Gasteiger partial charge in [-0.05, 0) is 50.3 Å². The summed E-state index contributed by atoms with van der Waals surface area (Å²) in [5, 5.41) is 0. The first kappa shape index (κ1) is 18.4. The number of nitrogens with zero attached hydrogens (tertiary/aromatic N) is 1. The molecule has 144 valence electrons. The van der Waals surface area contributed by atoms with Gasteiger partial charge in [0.25, 0.3) is 6.43 Å². The van der Waals surface area contributed by atoms with Gasteiger partial charge in [0, 0.05) is 34.5 Å². The summed E-state index contributed by atoms with van der Waals surface area (Å²) in [6, 6.07) is 4.38. The lowest BCUT2D eigenvalue weighted by molar-refractivity contribution is 0.0521. The number of carbonyl (C=O) groups is 1. The van der Waals surface area contributed by atoms with Crippen LogP contribution < -0.4 is 5.43 Å². The molecule has 6 heteroatoms. The zero-order chi connectivity index (χ0) is 20.1. The maximum Gasteiger partial charge on any atom is 0.343 e. The fourth-order valence-corrected chi connectivity index (χ4v) is 4.29. The molecule has 0 N–H and O–H groups in total. The van der Waals surface area contributed by atoms with Gasteiger partial charge in [0.05, 0.1) is 12.3 Å². The fraction of sp³-hybridized carbons (Fsp3) is 0.364. The van der Waals surface area contributed by atoms with E-state index in [1.165, 1.54) is 18.3 Å². The van der Waals surface area contributed by atoms with Crippen molar-refractivity contribution in [2.45, 2.75) is 44.6 Å². The van der Waals surface area contributed by atoms with Crippen molar-refractivity contribution in [2.24, 2.45) is 0 Å². The third-order valence-corrected chi connectivity index (χ3v) is 5.80. The third kappa shape index (κ3) is 2.65. The van der Waals surface area contributed by atoms with Crippen LogP contribution in [0.3, 0.4) is 0 Å². The Hall–Kier alpha value is -2.94. The van der Waals surface area contributed by atoms with Crippen molar-refractivity contribution in [3.8, 4) is 23.6 Å². The lowest BCUT2D eigenvalue weighted by atomic mass is 9.69. The number of halogens is 2. The summed E-state index contributed by atoms with van der Waals surface area (Å²) < 4.78 is 33.9. The average Bonchev–Trinajstić information content (AvgIpc) is 2.64. The van der Waals surface area contributed by atoms with Crippen LogP contribution >= 0.6 is 0 Å². The monoisotopic (exact) mass is 383 g/mol. The lowest BCUT2D eigenvalue weighted by Gasteiger charge is -2.49. The number of hydrogen-bond donors (Lipinski definition) is 0. The number of alkyl halides is 2. The SMILES string of the molecule is C#Cc1cc2c(cc1C(F)F)-c1cc(=O)c(C(=O)OCC)cn1C1(CCC1)C2. The van der Waals surface area contributed by atoms with Gasteiger partial charge < -0.3 is 9.30 Å². The number of esters is 1. The molecule has 0 unspecified atom stereocenters. The smallest absolute Gasteiger partial charge is 0.343 e. The predicted molar refractivity (Wildman–Crippen MR) is 101 cm³/mol. The molecule has 0 atom stereocenters. The standard InChI is InChI=1S/C22H19F2NO3/c1-3-13-8-14-11-22(6-5-7-22)25-12-17(21(27)28-4-2)19(26)10-18(25)15(14)9-16(13)20(23)24/h1,8-10,12,20H,4-7,11H2,2H3. The second-order valence-electron chi connectivity index (χ2n) is 7.32. The van der Waals surface area contributed by atoms with Crippen molar-refractivity contribution in [3.05, 3.63) is 56.9 Å². The summed E-state index contributed by atoms with van der Waals surface area (Å²) in [7, 11) is 0. The first-order valence-corrected chi connectivity index (χ1v) is 9.26. The number of hydrogen-bond acceptors (Lipinski definition) is 3. The molecule has 1 saturated carbocycles. The second kappa shape index (κ2) is 6.59. The second-order valence-corrected chi connectivity index (χ2v) is 7.32. The van der Waals surface area contributed by atoms with E-state index >= 15 is 0 Å². The van der Waals surface area contributed by atoms with Gasteiger partial charge in [0.1, 0.15) is 5.56 Å². The quantitative estimate of drug-likeness (QED) is 0.594. The van der Waals surface area contributed by atoms with Crippen molar-refractivity contribution < 1.29 is 18.3 Å². The van der Waals surface area contributed by atoms with Crippen molar-refractivity contribution in [1.29, 1.82) is 0 Å². The normalized spacial score (nSPS) is 16.1. The largest absolute Gasteiger partial charge is 0.462 e. The third-order valence-electron chi connectivity index (χ3n) is 5.80. The first-order valence-electron chi connectivity index (χ1n) is 9.26. The van der Waals surface area contributed by atoms with E-state index in [0.717, 1.165) is 24.8 Å². The van der Waals surface area contributed by atoms with Gasteiger partial charge in [-0.1, -0.05) is 5.92 Å². The van der Waals surface area contributed by atoms with Crippen LogP contribution in [0.15, 0.2) is 29.2 Å². The summed E-state index contributed by atoms with van der Waals surface area (Å²) in [4.78, 5) is 24.8. The van der Waals surface area contributed by atoms with E-state index in [0.29, 0.717) is 17.7 Å². The van der Waals surface area contributed by atoms with E-state index < -0.39 is 17.8 Å². The van der Waals surface area contributed by atoms with Crippen LogP contribution in [0.5, 0.6) is 0 Å². The Balaban J connectivity index is 1.97. The van der Waals surface area contributed by atoms with Crippen LogP contribution in [0.25, 0.3) is 11.3 Å². The number of aromatic nitrogens is 1. The summed E-state index contributed by atoms with van der Waals surface area (Å²) in [5.41, 5.74) is 1.15. The van der Waals surface area contributed by atoms with E-state index in [-0.39, 0.29) is 28.8 Å². The molecule has 0 radical (unpaired) electrons. The van der Waals surface area contributed by atoms with E-state index in [2.05, 4.69) is 5.92 Å². The maximum atomic E-state index is 13.5. The summed E-state index contributed by atoms with van der Waals surface area (Å²) in [5.74, 6) is 1.69. The van der Waals surface area contributed by atoms with E-state index in [1.807, 2.05) is 4.57 Å². The zero-order valence-electron chi connectivity index (χ0n) is 15.4. The molecule has 1 aromatic carbocycles. The summed E-state index contributed by atoms with van der Waals surface area (Å²) >= 11 is 0. The molecule has 1 aliphatic carbocycles. The molecular weight excluding hydrogens is 364 g/mol. The Morgan fingerprint density at radius 3 is 2.68 bits per heavy atom. The number of terminal acetylenes is 1. The molecule has 1 aromatic heterocycles. The molecule has 28 heavy (non-hydrogen) atoms. The van der Waals surface area contributed by atoms with E-state index in [1.54, 1.807) is 13.0 Å². The zero-order valence-corrected chi connectivity index (χ0v) is 15.4. The molecule has 2 aromatic rings. The highest BCUT2D eigenvalue weighted by atomic mass is 19.3. The Morgan fingerprint density at radius 2 is 2.11 bits per heavy atom. The highest BCUT2D eigenvalue weighted by molar-refractivity contribution is 5.89. The molecule has 0 saturated heterocycles. The van der Waals surface area contributed by atoms with Gasteiger partial charge in [-0.2, -0.15) is 0 Å². The van der Waals surface area contributed by atoms with Crippen molar-refractivity contribution >= 4 is 5.97 Å². The minimum absolute atomic E-state index is 0.0327. The molecular formula is C22H19F2NO3. The average molecular weight is 383 g/mol. The number of carbonyl (C=O) groups excluding carboxylic acids is 1. The first-order chi connectivity index (χ1) is 13.4. The number of fused-ring (bicyclic) bond motifs is 4. The van der Waals surface area contributed by atoms with Gasteiger partial charge in [-0.15, -0.1) is 6.42 Å². The Morgan fingerprint density at radius 1 is 1.36 bits per heavy atom. The van der Waals surface area contributed by atoms with E-state index in [4.69, 9.17) is 11.2 Å². The molecule has 4 nitrogen and oxygen atoms in total. The fourth-order valence-electron chi connectivity index (χ4n) is 4.29. The molecule has 4 rings (SSSR count). The number of ether oxygens (including phenoxy) is 1. The minimum atomic E-state index is -2.71. The van der Waals surface area contributed by atoms with Crippen LogP contribution in [0, 0.1) is 12.3 Å². The number of rotatable bonds is 3. The van der Waals surface area contributed by atoms with Gasteiger partial charge in [0.15, 0.2) is 5.43 Å². The molecule has 1 aliphatic heterocycles. The molecule has 2 aliphatic rings. The maximum absolute atomic E-state index is 13.5. The lowest BCUT2D eigenvalue weighted by Crippen LogP contribution is -2.46. The van der Waals surface area contributed by atoms with Crippen molar-refractivity contribution in [3.63, 3.8) is 0 Å². The van der Waals surface area contributed by atoms with Crippen molar-refractivity contribution in [1.82, 2.24) is 4.57 Å². The van der Waals surface area contributed by atoms with Gasteiger partial charge in [0.2, 0.25) is 0 Å². The van der Waals surface area contributed by atoms with Gasteiger partial charge in [-0.25, -0.2) is 13.6 Å². The van der Waals surface area contributed by atoms with Crippen LogP contribution in [0.4, 0.5) is 8.78 Å². The molecule has 1 fully saturated rings. The summed E-state index contributed by atoms with van der Waals surface area (Å²) in [6.07, 6.45) is 7.68. The highest BCUT2D eigenvalue weighted by Crippen LogP contribution is 2.49. The number of benzene rings is 1. The highest BCUT2D eigenvalue weighted by Gasteiger charge is 2.43. The van der Waals surface area contributed by atoms with Crippen LogP contribution in [0.2, 0.25) is 0 Å². The van der Waals surface area contributed by atoms with E-state index in [9.17, 15) is 18.4 Å². The number of pyridine rings is 1. The molecule has 2 heterocycles. The molecule has 0 bridgehead atoms. The molecule has 0 amide bonds. The van der Waals surface area contributed by atoms with Gasteiger partial charge >= 0.3 is 5.97 Å². The van der Waals surface area contributed by atoms with Crippen molar-refractivity contribution in [2.75, 3.05) is 6.61 Å². The Bertz CT molecular complexity index is 1070. The Labute approximate surface area is 161 Å². The topological polar surface area (TPSA) is 48.3 Å². The summed E-state index contributed by atoms with van der Waals surface area (Å²) in [6.45, 7) is 1.84. The van der Waals surface area contributed by atoms with Crippen LogP contribution in [-0.4, -0.2) is 17.1 Å². The van der Waals surface area contributed by atoms with Gasteiger partial charge in [-0.3, -0.25) is 4.79 Å². The van der Waals surface area contributed by atoms with Crippen LogP contribution in [-0.2, 0) is 16.7 Å². The Kier molecular flexibility index (Phi) is 4.34. The van der Waals surface area contributed by atoms with Crippen LogP contribution in [0.1, 0.15) is 59.7 Å². The molecule has 1 spiro atoms. The predicted octanol–water partition coefficient (Wildman–Crippen LogP) is 4.05.